The molecule has 0 saturated heterocycles. The van der Waals surface area contributed by atoms with E-state index in [1.165, 1.54) is 38.1 Å². The first kappa shape index (κ1) is 37.8. The molecule has 0 radical (unpaired) electrons. The van der Waals surface area contributed by atoms with Crippen molar-refractivity contribution < 1.29 is 68.5 Å². The number of hydrogen-bond acceptors (Lipinski definition) is 7. The summed E-state index contributed by atoms with van der Waals surface area (Å²) < 4.78 is 134. The molecule has 50 heavy (non-hydrogen) atoms. The topological polar surface area (TPSA) is 94.6 Å². The maximum absolute atomic E-state index is 15.5. The molecule has 2 heterocycles. The SMILES string of the molecule is CCOC(=O)N1C=CC(OCC(F)(F)F)(c2ccccc2F)C(C(=O)C2=CN(C(=O)OCC)C=CC2(OCC(F)(F)F)c2ccccc2F)=C1. The average molecular weight is 717 g/mol. The number of carbonyl (C=O) groups is 3. The second kappa shape index (κ2) is 14.8. The van der Waals surface area contributed by atoms with Crippen LogP contribution in [0, 0.1) is 11.6 Å². The van der Waals surface area contributed by atoms with Crippen molar-refractivity contribution in [1.82, 2.24) is 9.80 Å². The molecule has 17 heteroatoms. The van der Waals surface area contributed by atoms with E-state index in [1.807, 2.05) is 0 Å². The summed E-state index contributed by atoms with van der Waals surface area (Å²) in [5.41, 5.74) is -9.06. The molecular formula is C33H28F8N2O7. The van der Waals surface area contributed by atoms with Crippen molar-refractivity contribution in [2.45, 2.75) is 37.4 Å². The van der Waals surface area contributed by atoms with Crippen LogP contribution in [0.25, 0.3) is 0 Å². The maximum Gasteiger partial charge on any atom is 0.417 e. The van der Waals surface area contributed by atoms with Gasteiger partial charge in [0, 0.05) is 35.9 Å². The third kappa shape index (κ3) is 8.05. The molecule has 4 rings (SSSR count). The van der Waals surface area contributed by atoms with Gasteiger partial charge in [0.1, 0.15) is 36.1 Å². The molecule has 0 fully saturated rings. The quantitative estimate of drug-likeness (QED) is 0.235. The zero-order chi connectivity index (χ0) is 36.9. The van der Waals surface area contributed by atoms with E-state index in [0.29, 0.717) is 22.2 Å². The maximum atomic E-state index is 15.5. The third-order valence-corrected chi connectivity index (χ3v) is 7.20. The fraction of sp³-hybridized carbons (Fsp3) is 0.303. The molecule has 0 spiro atoms. The minimum atomic E-state index is -5.08. The Morgan fingerprint density at radius 2 is 1.00 bits per heavy atom. The predicted molar refractivity (Wildman–Crippen MR) is 157 cm³/mol. The molecule has 0 aliphatic carbocycles. The second-order valence-corrected chi connectivity index (χ2v) is 10.5. The zero-order valence-corrected chi connectivity index (χ0v) is 26.2. The van der Waals surface area contributed by atoms with E-state index < -0.39 is 88.6 Å². The number of halogens is 8. The number of ketones is 1. The van der Waals surface area contributed by atoms with Gasteiger partial charge in [-0.25, -0.2) is 18.4 Å². The number of rotatable bonds is 10. The van der Waals surface area contributed by atoms with E-state index in [0.717, 1.165) is 48.8 Å². The number of nitrogens with zero attached hydrogens (tertiary/aromatic N) is 2. The lowest BCUT2D eigenvalue weighted by molar-refractivity contribution is -0.196. The Balaban J connectivity index is 2.07. The first-order valence-corrected chi connectivity index (χ1v) is 14.7. The van der Waals surface area contributed by atoms with Gasteiger partial charge in [0.25, 0.3) is 0 Å². The smallest absolute Gasteiger partial charge is 0.417 e. The van der Waals surface area contributed by atoms with Crippen LogP contribution in [0.5, 0.6) is 0 Å². The summed E-state index contributed by atoms with van der Waals surface area (Å²) in [5, 5.41) is 0. The lowest BCUT2D eigenvalue weighted by Gasteiger charge is -2.41. The van der Waals surface area contributed by atoms with Crippen molar-refractivity contribution in [3.63, 3.8) is 0 Å². The van der Waals surface area contributed by atoms with Crippen molar-refractivity contribution in [3.05, 3.63) is 119 Å². The summed E-state index contributed by atoms with van der Waals surface area (Å²) in [4.78, 5) is 41.7. The first-order chi connectivity index (χ1) is 23.5. The lowest BCUT2D eigenvalue weighted by Crippen LogP contribution is -2.46. The normalized spacial score (nSPS) is 20.7. The zero-order valence-electron chi connectivity index (χ0n) is 26.2. The van der Waals surface area contributed by atoms with E-state index in [4.69, 9.17) is 18.9 Å². The van der Waals surface area contributed by atoms with E-state index in [2.05, 4.69) is 0 Å². The Morgan fingerprint density at radius 1 is 0.640 bits per heavy atom. The van der Waals surface area contributed by atoms with Gasteiger partial charge in [-0.1, -0.05) is 36.4 Å². The van der Waals surface area contributed by atoms with Gasteiger partial charge in [-0.05, 0) is 38.1 Å². The number of alkyl halides is 6. The van der Waals surface area contributed by atoms with Crippen LogP contribution in [0.3, 0.4) is 0 Å². The molecule has 2 aromatic rings. The number of ether oxygens (including phenoxy) is 4. The summed E-state index contributed by atoms with van der Waals surface area (Å²) in [6, 6.07) is 8.38. The Kier molecular flexibility index (Phi) is 11.2. The molecule has 2 aliphatic heterocycles. The first-order valence-electron chi connectivity index (χ1n) is 14.7. The van der Waals surface area contributed by atoms with Gasteiger partial charge in [-0.2, -0.15) is 26.3 Å². The highest BCUT2D eigenvalue weighted by Gasteiger charge is 2.52. The van der Waals surface area contributed by atoms with Crippen LogP contribution in [0.1, 0.15) is 25.0 Å². The molecule has 2 unspecified atom stereocenters. The number of carbonyl (C=O) groups excluding carboxylic acids is 3. The van der Waals surface area contributed by atoms with Crippen LogP contribution in [-0.4, -0.2) is 66.5 Å². The van der Waals surface area contributed by atoms with Gasteiger partial charge >= 0.3 is 24.5 Å². The Hall–Kier alpha value is -5.03. The van der Waals surface area contributed by atoms with Gasteiger partial charge < -0.3 is 18.9 Å². The number of benzene rings is 2. The lowest BCUT2D eigenvalue weighted by atomic mass is 9.75. The van der Waals surface area contributed by atoms with E-state index in [1.54, 1.807) is 0 Å². The molecule has 0 bridgehead atoms. The fourth-order valence-corrected chi connectivity index (χ4v) is 5.12. The monoisotopic (exact) mass is 716 g/mol. The highest BCUT2D eigenvalue weighted by atomic mass is 19.4. The molecule has 2 aromatic carbocycles. The van der Waals surface area contributed by atoms with Crippen LogP contribution in [0.4, 0.5) is 44.7 Å². The minimum absolute atomic E-state index is 0.213. The van der Waals surface area contributed by atoms with E-state index >= 15 is 8.78 Å². The van der Waals surface area contributed by atoms with E-state index in [-0.39, 0.29) is 13.2 Å². The highest BCUT2D eigenvalue weighted by molar-refractivity contribution is 6.12. The second-order valence-electron chi connectivity index (χ2n) is 10.5. The van der Waals surface area contributed by atoms with Gasteiger partial charge in [-0.15, -0.1) is 0 Å². The fourth-order valence-electron chi connectivity index (χ4n) is 5.12. The largest absolute Gasteiger partial charge is 0.449 e. The highest BCUT2D eigenvalue weighted by Crippen LogP contribution is 2.47. The van der Waals surface area contributed by atoms with Crippen molar-refractivity contribution in [2.75, 3.05) is 26.4 Å². The van der Waals surface area contributed by atoms with Crippen LogP contribution in [-0.2, 0) is 34.9 Å². The Morgan fingerprint density at radius 3 is 1.32 bits per heavy atom. The van der Waals surface area contributed by atoms with Crippen LogP contribution < -0.4 is 0 Å². The van der Waals surface area contributed by atoms with Crippen molar-refractivity contribution in [3.8, 4) is 0 Å². The van der Waals surface area contributed by atoms with Crippen molar-refractivity contribution in [2.24, 2.45) is 0 Å². The summed E-state index contributed by atoms with van der Waals surface area (Å²) in [6.45, 7) is -1.80. The summed E-state index contributed by atoms with van der Waals surface area (Å²) in [7, 11) is 0. The standard InChI is InChI=1S/C33H28F8N2O7/c1-3-47-28(45)42-15-13-30(49-19-32(36,37)38,21-9-5-7-11-25(21)34)23(17-42)27(44)24-18-43(29(46)48-4-2)16-14-31(24,50-20-33(39,40)41)22-10-6-8-12-26(22)35/h5-18H,3-4,19-20H2,1-2H3. The van der Waals surface area contributed by atoms with Gasteiger partial charge in [0.05, 0.1) is 24.4 Å². The van der Waals surface area contributed by atoms with Gasteiger partial charge in [-0.3, -0.25) is 14.6 Å². The summed E-state index contributed by atoms with van der Waals surface area (Å²) in [6.07, 6.45) is -8.10. The molecule has 0 aromatic heterocycles. The molecule has 0 saturated carbocycles. The van der Waals surface area contributed by atoms with Gasteiger partial charge in [0.2, 0.25) is 0 Å². The number of amides is 2. The third-order valence-electron chi connectivity index (χ3n) is 7.20. The number of Topliss-reactive ketones (excluding diaryl/α,β-unsaturated/α-hetero) is 1. The molecule has 2 amide bonds. The Bertz CT molecular complexity index is 1610. The van der Waals surface area contributed by atoms with Crippen LogP contribution >= 0.6 is 0 Å². The van der Waals surface area contributed by atoms with Crippen LogP contribution in [0.2, 0.25) is 0 Å². The van der Waals surface area contributed by atoms with E-state index in [9.17, 15) is 40.7 Å². The predicted octanol–water partition coefficient (Wildman–Crippen LogP) is 7.52. The number of hydrogen-bond donors (Lipinski definition) is 0. The Labute approximate surface area is 279 Å². The molecule has 2 atom stereocenters. The molecule has 2 aliphatic rings. The average Bonchev–Trinajstić information content (AvgIpc) is 3.06. The summed E-state index contributed by atoms with van der Waals surface area (Å²) in [5.74, 6) is -3.94. The minimum Gasteiger partial charge on any atom is -0.449 e. The van der Waals surface area contributed by atoms with Gasteiger partial charge in [0.15, 0.2) is 5.78 Å². The van der Waals surface area contributed by atoms with Crippen molar-refractivity contribution in [1.29, 1.82) is 0 Å². The molecular weight excluding hydrogens is 688 g/mol. The summed E-state index contributed by atoms with van der Waals surface area (Å²) >= 11 is 0. The molecule has 9 nitrogen and oxygen atoms in total. The molecule has 0 N–H and O–H groups in total. The van der Waals surface area contributed by atoms with Crippen LogP contribution in [0.15, 0.2) is 96.6 Å². The van der Waals surface area contributed by atoms with Crippen molar-refractivity contribution >= 4 is 18.0 Å². The molecule has 268 valence electrons.